The molecule has 3 rings (SSSR count). The molecule has 1 atom stereocenters. The van der Waals surface area contributed by atoms with E-state index in [9.17, 15) is 9.59 Å². The summed E-state index contributed by atoms with van der Waals surface area (Å²) >= 11 is 0. The third kappa shape index (κ3) is 5.96. The number of hydrogen-bond acceptors (Lipinski definition) is 4. The summed E-state index contributed by atoms with van der Waals surface area (Å²) in [6, 6.07) is 7.71. The highest BCUT2D eigenvalue weighted by molar-refractivity contribution is 5.89. The van der Waals surface area contributed by atoms with Crippen molar-refractivity contribution >= 4 is 11.8 Å². The Balaban J connectivity index is 1.38. The first-order valence-corrected chi connectivity index (χ1v) is 10.6. The number of amides is 2. The molecule has 2 aliphatic heterocycles. The number of nitrogens with one attached hydrogen (secondary N) is 1. The zero-order chi connectivity index (χ0) is 19.8. The van der Waals surface area contributed by atoms with Crippen molar-refractivity contribution in [2.45, 2.75) is 45.1 Å². The molecule has 1 aromatic carbocycles. The quantitative estimate of drug-likeness (QED) is 0.696. The lowest BCUT2D eigenvalue weighted by Crippen LogP contribution is -2.35. The van der Waals surface area contributed by atoms with Crippen molar-refractivity contribution in [3.63, 3.8) is 0 Å². The number of hydrogen-bond donors (Lipinski definition) is 1. The van der Waals surface area contributed by atoms with E-state index in [1.165, 1.54) is 38.8 Å². The molecule has 0 spiro atoms. The van der Waals surface area contributed by atoms with E-state index >= 15 is 0 Å². The molecule has 154 valence electrons. The molecule has 1 aromatic rings. The van der Waals surface area contributed by atoms with E-state index in [0.717, 1.165) is 24.3 Å². The van der Waals surface area contributed by atoms with Gasteiger partial charge in [0.15, 0.2) is 0 Å². The third-order valence-electron chi connectivity index (χ3n) is 5.77. The molecule has 2 saturated heterocycles. The maximum atomic E-state index is 12.5. The van der Waals surface area contributed by atoms with E-state index in [1.54, 1.807) is 12.0 Å². The van der Waals surface area contributed by atoms with Gasteiger partial charge in [0, 0.05) is 26.1 Å². The van der Waals surface area contributed by atoms with Gasteiger partial charge < -0.3 is 19.9 Å². The Kier molecular flexibility index (Phi) is 7.71. The zero-order valence-corrected chi connectivity index (χ0v) is 17.0. The Morgan fingerprint density at radius 3 is 2.54 bits per heavy atom. The Morgan fingerprint density at radius 2 is 1.86 bits per heavy atom. The SMILES string of the molecule is COc1ccc(CN2C[C@@H](C(=O)NCCCN3CCCCCC3)CC2=O)cc1. The minimum absolute atomic E-state index is 0.0152. The summed E-state index contributed by atoms with van der Waals surface area (Å²) in [6.07, 6.45) is 6.56. The number of benzene rings is 1. The minimum Gasteiger partial charge on any atom is -0.497 e. The monoisotopic (exact) mass is 387 g/mol. The van der Waals surface area contributed by atoms with Gasteiger partial charge in [0.05, 0.1) is 13.0 Å². The van der Waals surface area contributed by atoms with E-state index in [0.29, 0.717) is 26.1 Å². The van der Waals surface area contributed by atoms with Crippen molar-refractivity contribution in [3.05, 3.63) is 29.8 Å². The van der Waals surface area contributed by atoms with Gasteiger partial charge in [-0.05, 0) is 56.6 Å². The third-order valence-corrected chi connectivity index (χ3v) is 5.77. The second kappa shape index (κ2) is 10.5. The lowest BCUT2D eigenvalue weighted by molar-refractivity contribution is -0.129. The van der Waals surface area contributed by atoms with Crippen LogP contribution < -0.4 is 10.1 Å². The lowest BCUT2D eigenvalue weighted by Gasteiger charge is -2.20. The highest BCUT2D eigenvalue weighted by Gasteiger charge is 2.34. The first-order valence-electron chi connectivity index (χ1n) is 10.6. The van der Waals surface area contributed by atoms with Crippen LogP contribution in [0.3, 0.4) is 0 Å². The van der Waals surface area contributed by atoms with E-state index < -0.39 is 0 Å². The molecule has 6 nitrogen and oxygen atoms in total. The summed E-state index contributed by atoms with van der Waals surface area (Å²) in [5.41, 5.74) is 1.05. The van der Waals surface area contributed by atoms with Crippen LogP contribution in [0.2, 0.25) is 0 Å². The molecule has 0 bridgehead atoms. The van der Waals surface area contributed by atoms with Crippen LogP contribution in [-0.2, 0) is 16.1 Å². The van der Waals surface area contributed by atoms with Crippen LogP contribution in [0.4, 0.5) is 0 Å². The van der Waals surface area contributed by atoms with Gasteiger partial charge in [-0.3, -0.25) is 9.59 Å². The van der Waals surface area contributed by atoms with Crippen LogP contribution in [0.1, 0.15) is 44.1 Å². The van der Waals surface area contributed by atoms with Crippen LogP contribution in [0, 0.1) is 5.92 Å². The number of carbonyl (C=O) groups excluding carboxylic acids is 2. The molecule has 6 heteroatoms. The fraction of sp³-hybridized carbons (Fsp3) is 0.636. The van der Waals surface area contributed by atoms with Crippen molar-refractivity contribution in [2.24, 2.45) is 5.92 Å². The van der Waals surface area contributed by atoms with Crippen LogP contribution in [0.5, 0.6) is 5.75 Å². The summed E-state index contributed by atoms with van der Waals surface area (Å²) in [5.74, 6) is 0.639. The van der Waals surface area contributed by atoms with Crippen molar-refractivity contribution in [1.29, 1.82) is 0 Å². The number of ether oxygens (including phenoxy) is 1. The Morgan fingerprint density at radius 1 is 1.14 bits per heavy atom. The number of methoxy groups -OCH3 is 1. The van der Waals surface area contributed by atoms with Crippen molar-refractivity contribution < 1.29 is 14.3 Å². The number of likely N-dealkylation sites (tertiary alicyclic amines) is 2. The zero-order valence-electron chi connectivity index (χ0n) is 17.0. The molecular formula is C22H33N3O3. The molecule has 2 aliphatic rings. The maximum Gasteiger partial charge on any atom is 0.225 e. The topological polar surface area (TPSA) is 61.9 Å². The molecule has 28 heavy (non-hydrogen) atoms. The molecule has 2 amide bonds. The normalized spacial score (nSPS) is 20.8. The summed E-state index contributed by atoms with van der Waals surface area (Å²) in [4.78, 5) is 29.0. The summed E-state index contributed by atoms with van der Waals surface area (Å²) in [7, 11) is 1.64. The van der Waals surface area contributed by atoms with Gasteiger partial charge in [-0.2, -0.15) is 0 Å². The van der Waals surface area contributed by atoms with Gasteiger partial charge >= 0.3 is 0 Å². The van der Waals surface area contributed by atoms with Crippen LogP contribution in [0.25, 0.3) is 0 Å². The molecule has 0 unspecified atom stereocenters. The van der Waals surface area contributed by atoms with Crippen molar-refractivity contribution in [1.82, 2.24) is 15.1 Å². The highest BCUT2D eigenvalue weighted by Crippen LogP contribution is 2.21. The molecular weight excluding hydrogens is 354 g/mol. The molecule has 2 fully saturated rings. The number of carbonyl (C=O) groups is 2. The largest absolute Gasteiger partial charge is 0.497 e. The van der Waals surface area contributed by atoms with E-state index in [-0.39, 0.29) is 17.7 Å². The number of rotatable bonds is 8. The van der Waals surface area contributed by atoms with Crippen molar-refractivity contribution in [2.75, 3.05) is 39.8 Å². The van der Waals surface area contributed by atoms with Gasteiger partial charge in [0.25, 0.3) is 0 Å². The highest BCUT2D eigenvalue weighted by atomic mass is 16.5. The molecule has 0 aliphatic carbocycles. The van der Waals surface area contributed by atoms with E-state index in [4.69, 9.17) is 4.74 Å². The minimum atomic E-state index is -0.232. The van der Waals surface area contributed by atoms with E-state index in [2.05, 4.69) is 10.2 Å². The Hall–Kier alpha value is -2.08. The second-order valence-corrected chi connectivity index (χ2v) is 7.92. The standard InChI is InChI=1S/C22H33N3O3/c1-28-20-9-7-18(8-10-20)16-25-17-19(15-21(25)26)22(27)23-11-6-14-24-12-4-2-3-5-13-24/h7-10,19H,2-6,11-17H2,1H3,(H,23,27)/t19-/m0/s1. The van der Waals surface area contributed by atoms with Crippen LogP contribution >= 0.6 is 0 Å². The first kappa shape index (κ1) is 20.6. The van der Waals surface area contributed by atoms with Gasteiger partial charge in [-0.15, -0.1) is 0 Å². The Bertz CT molecular complexity index is 639. The predicted molar refractivity (Wildman–Crippen MR) is 109 cm³/mol. The number of nitrogens with zero attached hydrogens (tertiary/aromatic N) is 2. The second-order valence-electron chi connectivity index (χ2n) is 7.92. The predicted octanol–water partition coefficient (Wildman–Crippen LogP) is 2.43. The first-order chi connectivity index (χ1) is 13.7. The summed E-state index contributed by atoms with van der Waals surface area (Å²) in [5, 5.41) is 3.04. The molecule has 1 N–H and O–H groups in total. The van der Waals surface area contributed by atoms with Crippen LogP contribution in [-0.4, -0.2) is 61.4 Å². The Labute approximate surface area is 168 Å². The fourth-order valence-corrected chi connectivity index (χ4v) is 4.07. The summed E-state index contributed by atoms with van der Waals surface area (Å²) in [6.45, 7) is 5.16. The van der Waals surface area contributed by atoms with E-state index in [1.807, 2.05) is 24.3 Å². The molecule has 0 radical (unpaired) electrons. The van der Waals surface area contributed by atoms with Crippen molar-refractivity contribution in [3.8, 4) is 5.75 Å². The molecule has 0 saturated carbocycles. The summed E-state index contributed by atoms with van der Waals surface area (Å²) < 4.78 is 5.16. The van der Waals surface area contributed by atoms with Gasteiger partial charge in [-0.25, -0.2) is 0 Å². The maximum absolute atomic E-state index is 12.5. The fourth-order valence-electron chi connectivity index (χ4n) is 4.07. The average Bonchev–Trinajstić information content (AvgIpc) is 2.91. The van der Waals surface area contributed by atoms with Crippen LogP contribution in [0.15, 0.2) is 24.3 Å². The molecule has 0 aromatic heterocycles. The lowest BCUT2D eigenvalue weighted by atomic mass is 10.1. The smallest absolute Gasteiger partial charge is 0.225 e. The van der Waals surface area contributed by atoms with Gasteiger partial charge in [-0.1, -0.05) is 25.0 Å². The average molecular weight is 388 g/mol. The van der Waals surface area contributed by atoms with Gasteiger partial charge in [0.2, 0.25) is 11.8 Å². The molecule has 2 heterocycles. The van der Waals surface area contributed by atoms with Gasteiger partial charge in [0.1, 0.15) is 5.75 Å².